The fraction of sp³-hybridized carbons (Fsp3) is 0.391. The lowest BCUT2D eigenvalue weighted by molar-refractivity contribution is 0.230. The summed E-state index contributed by atoms with van der Waals surface area (Å²) < 4.78 is 0. The lowest BCUT2D eigenvalue weighted by Crippen LogP contribution is -2.26. The highest BCUT2D eigenvalue weighted by Crippen LogP contribution is 2.40. The number of aromatic amines is 1. The van der Waals surface area contributed by atoms with Gasteiger partial charge in [-0.3, -0.25) is 0 Å². The van der Waals surface area contributed by atoms with Crippen molar-refractivity contribution >= 4 is 10.9 Å². The third-order valence-corrected chi connectivity index (χ3v) is 5.31. The summed E-state index contributed by atoms with van der Waals surface area (Å²) >= 11 is 0. The van der Waals surface area contributed by atoms with Gasteiger partial charge < -0.3 is 10.1 Å². The summed E-state index contributed by atoms with van der Waals surface area (Å²) in [6.07, 6.45) is 8.96. The van der Waals surface area contributed by atoms with Crippen LogP contribution in [0.3, 0.4) is 0 Å². The Kier molecular flexibility index (Phi) is 5.47. The maximum Gasteiger partial charge on any atom is 0.125 e. The Morgan fingerprint density at radius 3 is 2.28 bits per heavy atom. The van der Waals surface area contributed by atoms with E-state index in [1.165, 1.54) is 36.8 Å². The number of aromatic hydroxyl groups is 1. The maximum absolute atomic E-state index is 10.4. The van der Waals surface area contributed by atoms with E-state index in [-0.39, 0.29) is 5.41 Å². The predicted molar refractivity (Wildman–Crippen MR) is 106 cm³/mol. The summed E-state index contributed by atoms with van der Waals surface area (Å²) in [5.74, 6) is 0.385. The highest BCUT2D eigenvalue weighted by atomic mass is 16.3. The molecule has 132 valence electrons. The van der Waals surface area contributed by atoms with E-state index in [2.05, 4.69) is 55.4 Å². The molecule has 25 heavy (non-hydrogen) atoms. The molecule has 2 heteroatoms. The number of rotatable bonds is 8. The molecule has 0 spiro atoms. The topological polar surface area (TPSA) is 36.0 Å². The van der Waals surface area contributed by atoms with E-state index in [1.807, 2.05) is 12.1 Å². The van der Waals surface area contributed by atoms with E-state index in [0.29, 0.717) is 5.75 Å². The van der Waals surface area contributed by atoms with Gasteiger partial charge in [-0.2, -0.15) is 0 Å². The second-order valence-electron chi connectivity index (χ2n) is 7.35. The number of hydrogen-bond donors (Lipinski definition) is 2. The average Bonchev–Trinajstić information content (AvgIpc) is 3.00. The first-order valence-electron chi connectivity index (χ1n) is 9.49. The molecular formula is C23H29NO. The standard InChI is InChI=1S/C23H29NO/c1-3-13-23(14-4-2,15-18-9-6-5-7-10-18)16-19-17-24-20-11-8-12-21(25)22(19)20/h5-12,17,24-25H,3-4,13-16H2,1-2H3. The quantitative estimate of drug-likeness (QED) is 0.502. The van der Waals surface area contributed by atoms with Crippen molar-refractivity contribution in [2.75, 3.05) is 0 Å². The molecule has 0 atom stereocenters. The van der Waals surface area contributed by atoms with Crippen molar-refractivity contribution in [3.8, 4) is 5.75 Å². The number of phenols is 1. The fourth-order valence-corrected chi connectivity index (χ4v) is 4.41. The van der Waals surface area contributed by atoms with Crippen LogP contribution >= 0.6 is 0 Å². The van der Waals surface area contributed by atoms with Gasteiger partial charge in [0.1, 0.15) is 5.75 Å². The zero-order valence-corrected chi connectivity index (χ0v) is 15.4. The number of aromatic nitrogens is 1. The number of nitrogens with one attached hydrogen (secondary N) is 1. The molecule has 2 aromatic carbocycles. The Bertz CT molecular complexity index is 797. The first-order valence-corrected chi connectivity index (χ1v) is 9.49. The van der Waals surface area contributed by atoms with Crippen LogP contribution < -0.4 is 0 Å². The van der Waals surface area contributed by atoms with Crippen LogP contribution in [0.25, 0.3) is 10.9 Å². The van der Waals surface area contributed by atoms with Crippen LogP contribution in [0.15, 0.2) is 54.7 Å². The summed E-state index contributed by atoms with van der Waals surface area (Å²) in [6.45, 7) is 4.56. The van der Waals surface area contributed by atoms with Crippen LogP contribution in [-0.2, 0) is 12.8 Å². The number of H-pyrrole nitrogens is 1. The van der Waals surface area contributed by atoms with Gasteiger partial charge in [0.05, 0.1) is 0 Å². The molecule has 2 nitrogen and oxygen atoms in total. The second kappa shape index (κ2) is 7.77. The molecule has 0 unspecified atom stereocenters. The second-order valence-corrected chi connectivity index (χ2v) is 7.35. The summed E-state index contributed by atoms with van der Waals surface area (Å²) in [5, 5.41) is 11.4. The van der Waals surface area contributed by atoms with Crippen molar-refractivity contribution in [3.05, 3.63) is 65.9 Å². The van der Waals surface area contributed by atoms with E-state index < -0.39 is 0 Å². The SMILES string of the molecule is CCCC(CCC)(Cc1ccccc1)Cc1c[nH]c2cccc(O)c12. The molecule has 2 N–H and O–H groups in total. The zero-order valence-electron chi connectivity index (χ0n) is 15.4. The number of benzene rings is 2. The van der Waals surface area contributed by atoms with Gasteiger partial charge in [0.25, 0.3) is 0 Å². The van der Waals surface area contributed by atoms with Crippen molar-refractivity contribution < 1.29 is 5.11 Å². The highest BCUT2D eigenvalue weighted by Gasteiger charge is 2.30. The first-order chi connectivity index (χ1) is 12.2. The van der Waals surface area contributed by atoms with Crippen LogP contribution in [0, 0.1) is 5.41 Å². The Labute approximate surface area is 150 Å². The van der Waals surface area contributed by atoms with Crippen LogP contribution in [0.5, 0.6) is 5.75 Å². The fourth-order valence-electron chi connectivity index (χ4n) is 4.41. The van der Waals surface area contributed by atoms with Gasteiger partial charge in [0.15, 0.2) is 0 Å². The Morgan fingerprint density at radius 2 is 1.60 bits per heavy atom. The van der Waals surface area contributed by atoms with Gasteiger partial charge in [0.2, 0.25) is 0 Å². The van der Waals surface area contributed by atoms with Gasteiger partial charge in [-0.25, -0.2) is 0 Å². The minimum absolute atomic E-state index is 0.238. The molecule has 0 aliphatic carbocycles. The number of fused-ring (bicyclic) bond motifs is 1. The molecule has 3 rings (SSSR count). The molecule has 0 saturated heterocycles. The Hall–Kier alpha value is -2.22. The predicted octanol–water partition coefficient (Wildman–Crippen LogP) is 6.25. The molecule has 0 aliphatic rings. The monoisotopic (exact) mass is 335 g/mol. The van der Waals surface area contributed by atoms with E-state index >= 15 is 0 Å². The normalized spacial score (nSPS) is 11.9. The van der Waals surface area contributed by atoms with E-state index in [9.17, 15) is 5.11 Å². The molecule has 0 saturated carbocycles. The first kappa shape index (κ1) is 17.6. The number of phenolic OH excluding ortho intramolecular Hbond substituents is 1. The third kappa shape index (κ3) is 3.89. The molecule has 1 aromatic heterocycles. The molecule has 0 radical (unpaired) electrons. The van der Waals surface area contributed by atoms with Crippen LogP contribution in [0.1, 0.15) is 50.7 Å². The molecule has 0 fully saturated rings. The molecule has 3 aromatic rings. The van der Waals surface area contributed by atoms with Gasteiger partial charge in [-0.15, -0.1) is 0 Å². The summed E-state index contributed by atoms with van der Waals surface area (Å²) in [7, 11) is 0. The minimum atomic E-state index is 0.238. The van der Waals surface area contributed by atoms with Crippen molar-refractivity contribution in [1.29, 1.82) is 0 Å². The van der Waals surface area contributed by atoms with E-state index in [4.69, 9.17) is 0 Å². The molecule has 1 heterocycles. The van der Waals surface area contributed by atoms with Crippen molar-refractivity contribution in [2.45, 2.75) is 52.4 Å². The highest BCUT2D eigenvalue weighted by molar-refractivity contribution is 5.89. The Balaban J connectivity index is 1.98. The molecule has 0 amide bonds. The largest absolute Gasteiger partial charge is 0.507 e. The smallest absolute Gasteiger partial charge is 0.125 e. The van der Waals surface area contributed by atoms with Crippen LogP contribution in [-0.4, -0.2) is 10.1 Å². The van der Waals surface area contributed by atoms with Gasteiger partial charge >= 0.3 is 0 Å². The van der Waals surface area contributed by atoms with Crippen molar-refractivity contribution in [3.63, 3.8) is 0 Å². The van der Waals surface area contributed by atoms with Crippen molar-refractivity contribution in [2.24, 2.45) is 5.41 Å². The minimum Gasteiger partial charge on any atom is -0.507 e. The van der Waals surface area contributed by atoms with Crippen molar-refractivity contribution in [1.82, 2.24) is 4.98 Å². The summed E-state index contributed by atoms with van der Waals surface area (Å²) in [5.41, 5.74) is 3.92. The van der Waals surface area contributed by atoms with Gasteiger partial charge in [-0.05, 0) is 54.4 Å². The third-order valence-electron chi connectivity index (χ3n) is 5.31. The molecular weight excluding hydrogens is 306 g/mol. The average molecular weight is 335 g/mol. The van der Waals surface area contributed by atoms with E-state index in [0.717, 1.165) is 23.7 Å². The lowest BCUT2D eigenvalue weighted by atomic mass is 9.70. The van der Waals surface area contributed by atoms with Gasteiger partial charge in [-0.1, -0.05) is 63.1 Å². The van der Waals surface area contributed by atoms with E-state index in [1.54, 1.807) is 6.07 Å². The van der Waals surface area contributed by atoms with Crippen LogP contribution in [0.2, 0.25) is 0 Å². The summed E-state index contributed by atoms with van der Waals surface area (Å²) in [4.78, 5) is 3.34. The molecule has 0 bridgehead atoms. The summed E-state index contributed by atoms with van der Waals surface area (Å²) in [6, 6.07) is 16.6. The molecule has 0 aliphatic heterocycles. The number of hydrogen-bond acceptors (Lipinski definition) is 1. The Morgan fingerprint density at radius 1 is 0.880 bits per heavy atom. The zero-order chi connectivity index (χ0) is 17.7. The lowest BCUT2D eigenvalue weighted by Gasteiger charge is -2.34. The van der Waals surface area contributed by atoms with Gasteiger partial charge in [0, 0.05) is 17.1 Å². The van der Waals surface area contributed by atoms with Crippen LogP contribution in [0.4, 0.5) is 0 Å². The maximum atomic E-state index is 10.4.